The lowest BCUT2D eigenvalue weighted by atomic mass is 9.80. The lowest BCUT2D eigenvalue weighted by molar-refractivity contribution is 0.0975. The van der Waals surface area contributed by atoms with E-state index in [4.69, 9.17) is 0 Å². The highest BCUT2D eigenvalue weighted by Crippen LogP contribution is 2.39. The van der Waals surface area contributed by atoms with Crippen molar-refractivity contribution < 1.29 is 4.79 Å². The van der Waals surface area contributed by atoms with E-state index in [1.54, 1.807) is 0 Å². The number of Topliss-reactive ketones (excluding diaryl/α,β-unsaturated/α-hetero) is 1. The molecule has 0 amide bonds. The third-order valence-electron chi connectivity index (χ3n) is 4.73. The zero-order valence-electron chi connectivity index (χ0n) is 14.4. The van der Waals surface area contributed by atoms with Gasteiger partial charge in [0.15, 0.2) is 5.78 Å². The summed E-state index contributed by atoms with van der Waals surface area (Å²) in [6.07, 6.45) is 2.76. The van der Waals surface area contributed by atoms with Gasteiger partial charge in [-0.2, -0.15) is 0 Å². The largest absolute Gasteiger partial charge is 0.294 e. The molecular formula is C22H24O. The summed E-state index contributed by atoms with van der Waals surface area (Å²) < 4.78 is 0. The molecule has 2 aromatic rings. The Bertz CT molecular complexity index is 775. The minimum Gasteiger partial charge on any atom is -0.294 e. The SMILES string of the molecule is CC1=Cc2ccccc2C1CC(=O)c1ccccc1C(C)(C)C. The summed E-state index contributed by atoms with van der Waals surface area (Å²) in [7, 11) is 0. The van der Waals surface area contributed by atoms with Crippen LogP contribution in [0.25, 0.3) is 6.08 Å². The van der Waals surface area contributed by atoms with E-state index in [9.17, 15) is 4.79 Å². The topological polar surface area (TPSA) is 17.1 Å². The number of allylic oxidation sites excluding steroid dienone is 1. The molecule has 2 aromatic carbocycles. The van der Waals surface area contributed by atoms with Gasteiger partial charge < -0.3 is 0 Å². The fraction of sp³-hybridized carbons (Fsp3) is 0.318. The number of hydrogen-bond acceptors (Lipinski definition) is 1. The fourth-order valence-corrected chi connectivity index (χ4v) is 3.50. The second kappa shape index (κ2) is 5.81. The maximum absolute atomic E-state index is 13.0. The Kier molecular flexibility index (Phi) is 3.97. The van der Waals surface area contributed by atoms with Crippen molar-refractivity contribution in [3.05, 3.63) is 76.4 Å². The molecule has 1 unspecified atom stereocenters. The van der Waals surface area contributed by atoms with Gasteiger partial charge in [-0.15, -0.1) is 0 Å². The highest BCUT2D eigenvalue weighted by molar-refractivity contribution is 5.99. The molecule has 0 aromatic heterocycles. The maximum atomic E-state index is 13.0. The first-order valence-corrected chi connectivity index (χ1v) is 8.28. The van der Waals surface area contributed by atoms with E-state index in [1.165, 1.54) is 16.7 Å². The Labute approximate surface area is 139 Å². The van der Waals surface area contributed by atoms with Gasteiger partial charge in [-0.3, -0.25) is 4.79 Å². The summed E-state index contributed by atoms with van der Waals surface area (Å²) in [4.78, 5) is 13.0. The van der Waals surface area contributed by atoms with E-state index in [-0.39, 0.29) is 17.1 Å². The van der Waals surface area contributed by atoms with Crippen LogP contribution in [0.3, 0.4) is 0 Å². The summed E-state index contributed by atoms with van der Waals surface area (Å²) >= 11 is 0. The number of hydrogen-bond donors (Lipinski definition) is 0. The molecule has 0 saturated carbocycles. The molecule has 0 saturated heterocycles. The van der Waals surface area contributed by atoms with Crippen LogP contribution in [0.15, 0.2) is 54.1 Å². The highest BCUT2D eigenvalue weighted by atomic mass is 16.1. The lowest BCUT2D eigenvalue weighted by Gasteiger charge is -2.23. The molecule has 0 N–H and O–H groups in total. The van der Waals surface area contributed by atoms with Crippen LogP contribution in [-0.4, -0.2) is 5.78 Å². The molecule has 1 nitrogen and oxygen atoms in total. The van der Waals surface area contributed by atoms with Crippen LogP contribution in [0.1, 0.15) is 67.1 Å². The Balaban J connectivity index is 1.91. The van der Waals surface area contributed by atoms with Gasteiger partial charge in [0.25, 0.3) is 0 Å². The van der Waals surface area contributed by atoms with Crippen molar-refractivity contribution >= 4 is 11.9 Å². The van der Waals surface area contributed by atoms with Gasteiger partial charge in [0.05, 0.1) is 0 Å². The molecule has 0 spiro atoms. The normalized spacial score (nSPS) is 16.9. The van der Waals surface area contributed by atoms with Crippen molar-refractivity contribution in [3.63, 3.8) is 0 Å². The van der Waals surface area contributed by atoms with Gasteiger partial charge in [0.2, 0.25) is 0 Å². The summed E-state index contributed by atoms with van der Waals surface area (Å²) in [5, 5.41) is 0. The molecule has 23 heavy (non-hydrogen) atoms. The third-order valence-corrected chi connectivity index (χ3v) is 4.73. The Hall–Kier alpha value is -2.15. The third kappa shape index (κ3) is 3.01. The molecule has 0 bridgehead atoms. The van der Waals surface area contributed by atoms with Crippen LogP contribution < -0.4 is 0 Å². The maximum Gasteiger partial charge on any atom is 0.164 e. The van der Waals surface area contributed by atoms with Gasteiger partial charge in [0, 0.05) is 17.9 Å². The lowest BCUT2D eigenvalue weighted by Crippen LogP contribution is -2.18. The standard InChI is InChI=1S/C22H24O/c1-15-13-16-9-5-6-10-17(16)19(15)14-21(23)18-11-7-8-12-20(18)22(2,3)4/h5-13,19H,14H2,1-4H3. The number of rotatable bonds is 3. The summed E-state index contributed by atoms with van der Waals surface area (Å²) in [6.45, 7) is 8.62. The molecule has 3 rings (SSSR count). The molecule has 1 aliphatic rings. The highest BCUT2D eigenvalue weighted by Gasteiger charge is 2.27. The molecule has 0 heterocycles. The first-order valence-electron chi connectivity index (χ1n) is 8.28. The summed E-state index contributed by atoms with van der Waals surface area (Å²) in [5.41, 5.74) is 5.81. The fourth-order valence-electron chi connectivity index (χ4n) is 3.50. The van der Waals surface area contributed by atoms with Gasteiger partial charge in [-0.05, 0) is 29.0 Å². The number of benzene rings is 2. The van der Waals surface area contributed by atoms with Gasteiger partial charge in [-0.1, -0.05) is 81.0 Å². The van der Waals surface area contributed by atoms with Crippen LogP contribution in [0.4, 0.5) is 0 Å². The number of carbonyl (C=O) groups is 1. The first kappa shape index (κ1) is 15.7. The minimum absolute atomic E-state index is 0.0231. The van der Waals surface area contributed by atoms with E-state index in [2.05, 4.69) is 64.1 Å². The Morgan fingerprint density at radius 2 is 1.65 bits per heavy atom. The van der Waals surface area contributed by atoms with Crippen LogP contribution in [-0.2, 0) is 5.41 Å². The van der Waals surface area contributed by atoms with Gasteiger partial charge in [-0.25, -0.2) is 0 Å². The number of fused-ring (bicyclic) bond motifs is 1. The minimum atomic E-state index is -0.0231. The van der Waals surface area contributed by atoms with Crippen LogP contribution in [0.5, 0.6) is 0 Å². The van der Waals surface area contributed by atoms with Crippen LogP contribution in [0, 0.1) is 0 Å². The molecule has 1 atom stereocenters. The van der Waals surface area contributed by atoms with Crippen molar-refractivity contribution in [2.45, 2.75) is 45.4 Å². The van der Waals surface area contributed by atoms with E-state index in [0.29, 0.717) is 6.42 Å². The van der Waals surface area contributed by atoms with Crippen molar-refractivity contribution in [1.82, 2.24) is 0 Å². The zero-order chi connectivity index (χ0) is 16.6. The monoisotopic (exact) mass is 304 g/mol. The van der Waals surface area contributed by atoms with Crippen LogP contribution in [0.2, 0.25) is 0 Å². The molecule has 0 radical (unpaired) electrons. The first-order chi connectivity index (χ1) is 10.9. The van der Waals surface area contributed by atoms with E-state index in [1.807, 2.05) is 18.2 Å². The molecule has 1 heteroatoms. The second-order valence-corrected chi connectivity index (χ2v) is 7.49. The second-order valence-electron chi connectivity index (χ2n) is 7.49. The molecule has 0 aliphatic heterocycles. The quantitative estimate of drug-likeness (QED) is 0.659. The Morgan fingerprint density at radius 1 is 1.00 bits per heavy atom. The van der Waals surface area contributed by atoms with E-state index in [0.717, 1.165) is 11.1 Å². The zero-order valence-corrected chi connectivity index (χ0v) is 14.4. The summed E-state index contributed by atoms with van der Waals surface area (Å²) in [6, 6.07) is 16.4. The summed E-state index contributed by atoms with van der Waals surface area (Å²) in [5.74, 6) is 0.455. The van der Waals surface area contributed by atoms with E-state index < -0.39 is 0 Å². The van der Waals surface area contributed by atoms with Crippen molar-refractivity contribution in [2.24, 2.45) is 0 Å². The Morgan fingerprint density at radius 3 is 2.39 bits per heavy atom. The number of ketones is 1. The van der Waals surface area contributed by atoms with Gasteiger partial charge >= 0.3 is 0 Å². The van der Waals surface area contributed by atoms with Crippen molar-refractivity contribution in [3.8, 4) is 0 Å². The number of carbonyl (C=O) groups excluding carboxylic acids is 1. The van der Waals surface area contributed by atoms with E-state index >= 15 is 0 Å². The average molecular weight is 304 g/mol. The molecule has 118 valence electrons. The molecule has 1 aliphatic carbocycles. The predicted octanol–water partition coefficient (Wildman–Crippen LogP) is 5.76. The van der Waals surface area contributed by atoms with Crippen molar-refractivity contribution in [2.75, 3.05) is 0 Å². The molecular weight excluding hydrogens is 280 g/mol. The van der Waals surface area contributed by atoms with Gasteiger partial charge in [0.1, 0.15) is 0 Å². The molecule has 0 fully saturated rings. The smallest absolute Gasteiger partial charge is 0.164 e. The average Bonchev–Trinajstić information content (AvgIpc) is 2.82. The predicted molar refractivity (Wildman–Crippen MR) is 96.9 cm³/mol. The van der Waals surface area contributed by atoms with Crippen LogP contribution >= 0.6 is 0 Å². The van der Waals surface area contributed by atoms with Crippen molar-refractivity contribution in [1.29, 1.82) is 0 Å².